The summed E-state index contributed by atoms with van der Waals surface area (Å²) in [4.78, 5) is 24.6. The van der Waals surface area contributed by atoms with Gasteiger partial charge in [0.25, 0.3) is 0 Å². The van der Waals surface area contributed by atoms with E-state index in [2.05, 4.69) is 55.6 Å². The molecule has 0 aromatic rings. The van der Waals surface area contributed by atoms with Crippen molar-refractivity contribution in [1.82, 2.24) is 5.32 Å². The Bertz CT molecular complexity index is 1170. The second-order valence-electron chi connectivity index (χ2n) is 22.1. The van der Waals surface area contributed by atoms with E-state index in [0.29, 0.717) is 25.9 Å². The number of aliphatic hydroxyl groups is 2. The van der Waals surface area contributed by atoms with Gasteiger partial charge < -0.3 is 20.3 Å². The van der Waals surface area contributed by atoms with Crippen molar-refractivity contribution in [1.29, 1.82) is 0 Å². The SMILES string of the molecule is CCCCC/C=C\C/C=C\CCCCCCCCCCCC(=O)OCCCCCCCCCCC/C=C\CCCCCCCC(=O)NC(CO)C(O)CCCCCCCCCCCCCCCCCCCC. The van der Waals surface area contributed by atoms with Crippen LogP contribution >= 0.6 is 0 Å². The number of carbonyl (C=O) groups excluding carboxylic acids is 2. The highest BCUT2D eigenvalue weighted by molar-refractivity contribution is 5.76. The molecule has 0 heterocycles. The van der Waals surface area contributed by atoms with E-state index in [1.807, 2.05) is 0 Å². The second kappa shape index (κ2) is 61.6. The molecule has 6 heteroatoms. The average Bonchev–Trinajstić information content (AvgIpc) is 3.38. The van der Waals surface area contributed by atoms with E-state index in [1.165, 1.54) is 250 Å². The van der Waals surface area contributed by atoms with Crippen molar-refractivity contribution in [3.8, 4) is 0 Å². The summed E-state index contributed by atoms with van der Waals surface area (Å²) < 4.78 is 5.49. The third kappa shape index (κ3) is 57.4. The highest BCUT2D eigenvalue weighted by Crippen LogP contribution is 2.18. The quantitative estimate of drug-likeness (QED) is 0.0320. The molecule has 0 aromatic carbocycles. The molecule has 424 valence electrons. The number of allylic oxidation sites excluding steroid dienone is 6. The van der Waals surface area contributed by atoms with E-state index in [0.717, 1.165) is 64.2 Å². The van der Waals surface area contributed by atoms with Gasteiger partial charge in [-0.25, -0.2) is 0 Å². The lowest BCUT2D eigenvalue weighted by Gasteiger charge is -2.22. The minimum absolute atomic E-state index is 0.000353. The van der Waals surface area contributed by atoms with E-state index >= 15 is 0 Å². The van der Waals surface area contributed by atoms with Crippen molar-refractivity contribution < 1.29 is 24.5 Å². The smallest absolute Gasteiger partial charge is 0.305 e. The van der Waals surface area contributed by atoms with Crippen molar-refractivity contribution in [2.75, 3.05) is 13.2 Å². The average molecular weight is 1010 g/mol. The first-order chi connectivity index (χ1) is 35.5. The Labute approximate surface area is 449 Å². The predicted molar refractivity (Wildman–Crippen MR) is 315 cm³/mol. The van der Waals surface area contributed by atoms with Gasteiger partial charge in [-0.1, -0.05) is 288 Å². The van der Waals surface area contributed by atoms with E-state index in [4.69, 9.17) is 4.74 Å². The number of unbranched alkanes of at least 4 members (excludes halogenated alkanes) is 43. The van der Waals surface area contributed by atoms with Crippen LogP contribution in [0.25, 0.3) is 0 Å². The molecule has 0 aromatic heterocycles. The number of amides is 1. The lowest BCUT2D eigenvalue weighted by Crippen LogP contribution is -2.45. The van der Waals surface area contributed by atoms with E-state index < -0.39 is 12.1 Å². The molecule has 0 fully saturated rings. The van der Waals surface area contributed by atoms with Crippen LogP contribution in [0.5, 0.6) is 0 Å². The Morgan fingerprint density at radius 3 is 1.10 bits per heavy atom. The summed E-state index contributed by atoms with van der Waals surface area (Å²) in [6, 6.07) is -0.553. The number of hydrogen-bond acceptors (Lipinski definition) is 5. The van der Waals surface area contributed by atoms with Gasteiger partial charge in [-0.15, -0.1) is 0 Å². The van der Waals surface area contributed by atoms with Crippen molar-refractivity contribution in [3.63, 3.8) is 0 Å². The zero-order chi connectivity index (χ0) is 52.2. The van der Waals surface area contributed by atoms with Gasteiger partial charge in [-0.05, 0) is 83.5 Å². The number of carbonyl (C=O) groups is 2. The Hall–Kier alpha value is -1.92. The largest absolute Gasteiger partial charge is 0.466 e. The fourth-order valence-corrected chi connectivity index (χ4v) is 9.96. The number of ether oxygens (including phenoxy) is 1. The Balaban J connectivity index is 3.44. The highest BCUT2D eigenvalue weighted by atomic mass is 16.5. The molecular weight excluding hydrogens is 887 g/mol. The molecule has 6 nitrogen and oxygen atoms in total. The summed E-state index contributed by atoms with van der Waals surface area (Å²) in [6.07, 6.45) is 77.2. The second-order valence-corrected chi connectivity index (χ2v) is 22.1. The van der Waals surface area contributed by atoms with Crippen LogP contribution in [0.1, 0.15) is 348 Å². The molecule has 0 saturated heterocycles. The monoisotopic (exact) mass is 1010 g/mol. The van der Waals surface area contributed by atoms with E-state index in [9.17, 15) is 19.8 Å². The highest BCUT2D eigenvalue weighted by Gasteiger charge is 2.20. The first-order valence-electron chi connectivity index (χ1n) is 32.2. The number of hydrogen-bond donors (Lipinski definition) is 3. The minimum Gasteiger partial charge on any atom is -0.466 e. The molecule has 0 aliphatic rings. The molecule has 1 amide bonds. The molecule has 0 aliphatic carbocycles. The van der Waals surface area contributed by atoms with Crippen LogP contribution in [-0.2, 0) is 14.3 Å². The van der Waals surface area contributed by atoms with Crippen LogP contribution in [0.2, 0.25) is 0 Å². The summed E-state index contributed by atoms with van der Waals surface area (Å²) in [5.74, 6) is -0.0474. The molecule has 0 spiro atoms. The fraction of sp³-hybridized carbons (Fsp3) is 0.879. The normalized spacial score (nSPS) is 12.8. The lowest BCUT2D eigenvalue weighted by atomic mass is 10.0. The summed E-state index contributed by atoms with van der Waals surface area (Å²) in [7, 11) is 0. The first-order valence-corrected chi connectivity index (χ1v) is 32.2. The Kier molecular flexibility index (Phi) is 60.0. The fourth-order valence-electron chi connectivity index (χ4n) is 9.96. The van der Waals surface area contributed by atoms with Crippen LogP contribution in [0.4, 0.5) is 0 Å². The number of esters is 1. The van der Waals surface area contributed by atoms with Crippen molar-refractivity contribution >= 4 is 11.9 Å². The van der Waals surface area contributed by atoms with Crippen LogP contribution in [0, 0.1) is 0 Å². The van der Waals surface area contributed by atoms with Crippen LogP contribution in [0.15, 0.2) is 36.5 Å². The van der Waals surface area contributed by atoms with Gasteiger partial charge >= 0.3 is 5.97 Å². The maximum atomic E-state index is 12.5. The molecule has 2 unspecified atom stereocenters. The molecule has 2 atom stereocenters. The molecule has 3 N–H and O–H groups in total. The molecule has 0 bridgehead atoms. The third-order valence-electron chi connectivity index (χ3n) is 14.9. The molecule has 0 radical (unpaired) electrons. The lowest BCUT2D eigenvalue weighted by molar-refractivity contribution is -0.143. The number of nitrogens with one attached hydrogen (secondary N) is 1. The maximum Gasteiger partial charge on any atom is 0.305 e. The van der Waals surface area contributed by atoms with Crippen molar-refractivity contribution in [2.45, 2.75) is 360 Å². The zero-order valence-electron chi connectivity index (χ0n) is 48.4. The van der Waals surface area contributed by atoms with Crippen molar-refractivity contribution in [3.05, 3.63) is 36.5 Å². The maximum absolute atomic E-state index is 12.5. The molecule has 72 heavy (non-hydrogen) atoms. The number of aliphatic hydroxyl groups excluding tert-OH is 2. The van der Waals surface area contributed by atoms with E-state index in [1.54, 1.807) is 0 Å². The topological polar surface area (TPSA) is 95.9 Å². The van der Waals surface area contributed by atoms with Gasteiger partial charge in [-0.2, -0.15) is 0 Å². The number of rotatable bonds is 60. The minimum atomic E-state index is -0.674. The molecule has 0 saturated carbocycles. The van der Waals surface area contributed by atoms with Gasteiger partial charge in [0.1, 0.15) is 0 Å². The predicted octanol–water partition coefficient (Wildman–Crippen LogP) is 20.4. The van der Waals surface area contributed by atoms with Crippen LogP contribution in [0.3, 0.4) is 0 Å². The zero-order valence-corrected chi connectivity index (χ0v) is 48.4. The van der Waals surface area contributed by atoms with Crippen LogP contribution in [-0.4, -0.2) is 47.4 Å². The van der Waals surface area contributed by atoms with Gasteiger partial charge in [0.15, 0.2) is 0 Å². The first kappa shape index (κ1) is 70.1. The third-order valence-corrected chi connectivity index (χ3v) is 14.9. The van der Waals surface area contributed by atoms with E-state index in [-0.39, 0.29) is 18.5 Å². The molecular formula is C66H125NO5. The van der Waals surface area contributed by atoms with Crippen LogP contribution < -0.4 is 5.32 Å². The Morgan fingerprint density at radius 2 is 0.694 bits per heavy atom. The summed E-state index contributed by atoms with van der Waals surface area (Å²) in [6.45, 7) is 4.93. The van der Waals surface area contributed by atoms with Gasteiger partial charge in [0.05, 0.1) is 25.4 Å². The van der Waals surface area contributed by atoms with Gasteiger partial charge in [0, 0.05) is 12.8 Å². The summed E-state index contributed by atoms with van der Waals surface area (Å²) in [5, 5.41) is 23.3. The van der Waals surface area contributed by atoms with Gasteiger partial charge in [-0.3, -0.25) is 9.59 Å². The standard InChI is InChI=1S/C66H125NO5/c1-3-5-7-9-11-13-15-17-19-21-23-28-32-36-40-44-48-52-56-60-66(71)72-61-57-53-49-45-41-37-33-29-25-24-27-31-35-39-43-47-51-55-59-65(70)67-63(62-68)64(69)58-54-50-46-42-38-34-30-26-22-20-18-16-14-12-10-8-6-4-2/h11,13,17,19,27,31,63-64,68-69H,3-10,12,14-16,18,20-26,28-30,32-62H2,1-2H3,(H,67,70)/b13-11-,19-17-,31-27-. The summed E-state index contributed by atoms with van der Waals surface area (Å²) in [5.41, 5.74) is 0. The molecule has 0 aliphatic heterocycles. The van der Waals surface area contributed by atoms with Gasteiger partial charge in [0.2, 0.25) is 5.91 Å². The Morgan fingerprint density at radius 1 is 0.389 bits per heavy atom. The summed E-state index contributed by atoms with van der Waals surface area (Å²) >= 11 is 0. The van der Waals surface area contributed by atoms with Crippen molar-refractivity contribution in [2.24, 2.45) is 0 Å². The molecule has 0 rings (SSSR count).